The predicted molar refractivity (Wildman–Crippen MR) is 103 cm³/mol. The number of carbonyl (C=O) groups excluding carboxylic acids is 1. The number of halogens is 1. The lowest BCUT2D eigenvalue weighted by atomic mass is 9.92. The number of amides is 1. The van der Waals surface area contributed by atoms with Crippen LogP contribution in [0.4, 0.5) is 5.69 Å². The van der Waals surface area contributed by atoms with Crippen LogP contribution in [0.25, 0.3) is 0 Å². The summed E-state index contributed by atoms with van der Waals surface area (Å²) in [4.78, 5) is 12.5. The molecule has 25 heavy (non-hydrogen) atoms. The number of fused-ring (bicyclic) bond motifs is 1. The van der Waals surface area contributed by atoms with E-state index >= 15 is 0 Å². The summed E-state index contributed by atoms with van der Waals surface area (Å²) in [7, 11) is 0. The summed E-state index contributed by atoms with van der Waals surface area (Å²) in [5.41, 5.74) is 4.14. The summed E-state index contributed by atoms with van der Waals surface area (Å²) in [6.45, 7) is 7.03. The van der Waals surface area contributed by atoms with Crippen molar-refractivity contribution in [1.82, 2.24) is 0 Å². The third-order valence-corrected chi connectivity index (χ3v) is 4.93. The van der Waals surface area contributed by atoms with Gasteiger partial charge in [-0.1, -0.05) is 18.2 Å². The first-order valence-corrected chi connectivity index (χ1v) is 9.32. The van der Waals surface area contributed by atoms with Gasteiger partial charge in [0.25, 0.3) is 0 Å². The van der Waals surface area contributed by atoms with Crippen LogP contribution >= 0.6 is 15.9 Å². The van der Waals surface area contributed by atoms with E-state index in [9.17, 15) is 4.79 Å². The monoisotopic (exact) mass is 403 g/mol. The van der Waals surface area contributed by atoms with Gasteiger partial charge in [0.1, 0.15) is 0 Å². The van der Waals surface area contributed by atoms with E-state index in [-0.39, 0.29) is 11.8 Å². The van der Waals surface area contributed by atoms with E-state index in [4.69, 9.17) is 9.47 Å². The third-order valence-electron chi connectivity index (χ3n) is 4.34. The van der Waals surface area contributed by atoms with Crippen molar-refractivity contribution < 1.29 is 14.3 Å². The number of carbonyl (C=O) groups is 1. The van der Waals surface area contributed by atoms with Gasteiger partial charge in [-0.2, -0.15) is 0 Å². The highest BCUT2D eigenvalue weighted by atomic mass is 79.9. The molecule has 0 fully saturated rings. The van der Waals surface area contributed by atoms with Gasteiger partial charge in [-0.3, -0.25) is 4.79 Å². The molecule has 1 heterocycles. The van der Waals surface area contributed by atoms with E-state index < -0.39 is 0 Å². The number of rotatable bonds is 6. The lowest BCUT2D eigenvalue weighted by Gasteiger charge is -2.16. The molecule has 0 saturated heterocycles. The molecule has 1 aliphatic heterocycles. The van der Waals surface area contributed by atoms with Crippen molar-refractivity contribution >= 4 is 27.5 Å². The van der Waals surface area contributed by atoms with Crippen LogP contribution in [0.15, 0.2) is 34.8 Å². The minimum absolute atomic E-state index is 0.0484. The minimum atomic E-state index is -0.186. The number of hydrogen-bond acceptors (Lipinski definition) is 3. The first-order chi connectivity index (χ1) is 12.0. The van der Waals surface area contributed by atoms with Crippen molar-refractivity contribution in [3.8, 4) is 11.5 Å². The van der Waals surface area contributed by atoms with Gasteiger partial charge in [-0.15, -0.1) is 0 Å². The van der Waals surface area contributed by atoms with Gasteiger partial charge < -0.3 is 14.8 Å². The van der Waals surface area contributed by atoms with Crippen LogP contribution in [0, 0.1) is 6.92 Å². The van der Waals surface area contributed by atoms with Crippen molar-refractivity contribution in [3.63, 3.8) is 0 Å². The van der Waals surface area contributed by atoms with Gasteiger partial charge in [0.05, 0.1) is 23.6 Å². The number of para-hydroxylation sites is 1. The molecule has 1 amide bonds. The molecule has 1 N–H and O–H groups in total. The standard InChI is InChI=1S/C20H22BrNO3/c1-4-24-17-11-13(10-16(21)19(17)25-5-2)9-15-14-8-6-7-12(3)18(14)22-20(15)23/h6-8,10-11,15H,4-5,9H2,1-3H3,(H,22,23)/t15-/m0/s1. The molecule has 4 nitrogen and oxygen atoms in total. The molecule has 0 aliphatic carbocycles. The molecule has 0 bridgehead atoms. The Morgan fingerprint density at radius 2 is 1.92 bits per heavy atom. The van der Waals surface area contributed by atoms with E-state index in [1.54, 1.807) is 0 Å². The molecule has 2 aromatic rings. The molecule has 0 unspecified atom stereocenters. The Kier molecular flexibility index (Phi) is 5.33. The predicted octanol–water partition coefficient (Wildman–Crippen LogP) is 4.83. The van der Waals surface area contributed by atoms with E-state index in [0.717, 1.165) is 26.9 Å². The summed E-state index contributed by atoms with van der Waals surface area (Å²) in [6.07, 6.45) is 0.618. The molecule has 0 saturated carbocycles. The lowest BCUT2D eigenvalue weighted by Crippen LogP contribution is -2.14. The molecular formula is C20H22BrNO3. The molecule has 1 aliphatic rings. The molecular weight excluding hydrogens is 382 g/mol. The fourth-order valence-electron chi connectivity index (χ4n) is 3.23. The number of nitrogens with one attached hydrogen (secondary N) is 1. The highest BCUT2D eigenvalue weighted by Gasteiger charge is 2.31. The van der Waals surface area contributed by atoms with Crippen molar-refractivity contribution in [2.75, 3.05) is 18.5 Å². The van der Waals surface area contributed by atoms with Gasteiger partial charge >= 0.3 is 0 Å². The Labute approximate surface area is 156 Å². The fourth-order valence-corrected chi connectivity index (χ4v) is 3.83. The van der Waals surface area contributed by atoms with Gasteiger partial charge in [-0.25, -0.2) is 0 Å². The Morgan fingerprint density at radius 1 is 1.16 bits per heavy atom. The van der Waals surface area contributed by atoms with E-state index in [1.807, 2.05) is 51.1 Å². The quantitative estimate of drug-likeness (QED) is 0.750. The van der Waals surface area contributed by atoms with Crippen LogP contribution in [0.5, 0.6) is 11.5 Å². The van der Waals surface area contributed by atoms with E-state index in [2.05, 4.69) is 21.2 Å². The number of aryl methyl sites for hydroxylation is 1. The second-order valence-electron chi connectivity index (χ2n) is 6.06. The highest BCUT2D eigenvalue weighted by Crippen LogP contribution is 2.41. The Morgan fingerprint density at radius 3 is 2.64 bits per heavy atom. The fraction of sp³-hybridized carbons (Fsp3) is 0.350. The van der Waals surface area contributed by atoms with Crippen LogP contribution in [0.2, 0.25) is 0 Å². The molecule has 0 spiro atoms. The van der Waals surface area contributed by atoms with Gasteiger partial charge in [-0.05, 0) is 71.9 Å². The zero-order valence-corrected chi connectivity index (χ0v) is 16.3. The molecule has 5 heteroatoms. The van der Waals surface area contributed by atoms with Crippen molar-refractivity contribution in [2.45, 2.75) is 33.1 Å². The van der Waals surface area contributed by atoms with Crippen LogP contribution in [-0.4, -0.2) is 19.1 Å². The largest absolute Gasteiger partial charge is 0.490 e. The van der Waals surface area contributed by atoms with Crippen LogP contribution in [0.3, 0.4) is 0 Å². The first-order valence-electron chi connectivity index (χ1n) is 8.53. The van der Waals surface area contributed by atoms with Gasteiger partial charge in [0, 0.05) is 5.69 Å². The molecule has 3 rings (SSSR count). The topological polar surface area (TPSA) is 47.6 Å². The average Bonchev–Trinajstić information content (AvgIpc) is 2.89. The second kappa shape index (κ2) is 7.48. The maximum absolute atomic E-state index is 12.5. The normalized spacial score (nSPS) is 15.7. The average molecular weight is 404 g/mol. The zero-order valence-electron chi connectivity index (χ0n) is 14.7. The van der Waals surface area contributed by atoms with Crippen LogP contribution in [-0.2, 0) is 11.2 Å². The summed E-state index contributed by atoms with van der Waals surface area (Å²) >= 11 is 3.57. The maximum Gasteiger partial charge on any atom is 0.232 e. The van der Waals surface area contributed by atoms with Crippen molar-refractivity contribution in [1.29, 1.82) is 0 Å². The highest BCUT2D eigenvalue weighted by molar-refractivity contribution is 9.10. The third kappa shape index (κ3) is 3.52. The van der Waals surface area contributed by atoms with Gasteiger partial charge in [0.15, 0.2) is 11.5 Å². The van der Waals surface area contributed by atoms with Crippen molar-refractivity contribution in [3.05, 3.63) is 51.5 Å². The molecule has 2 aromatic carbocycles. The smallest absolute Gasteiger partial charge is 0.232 e. The lowest BCUT2D eigenvalue weighted by molar-refractivity contribution is -0.117. The number of hydrogen-bond donors (Lipinski definition) is 1. The minimum Gasteiger partial charge on any atom is -0.490 e. The summed E-state index contributed by atoms with van der Waals surface area (Å²) in [5.74, 6) is 1.28. The number of benzene rings is 2. The summed E-state index contributed by atoms with van der Waals surface area (Å²) in [6, 6.07) is 10.0. The molecule has 1 atom stereocenters. The Hall–Kier alpha value is -2.01. The zero-order chi connectivity index (χ0) is 18.0. The molecule has 0 radical (unpaired) electrons. The molecule has 132 valence electrons. The van der Waals surface area contributed by atoms with Crippen molar-refractivity contribution in [2.24, 2.45) is 0 Å². The Balaban J connectivity index is 1.94. The van der Waals surface area contributed by atoms with Crippen LogP contribution < -0.4 is 14.8 Å². The SMILES string of the molecule is CCOc1cc(C[C@@H]2C(=O)Nc3c(C)cccc32)cc(Br)c1OCC. The second-order valence-corrected chi connectivity index (χ2v) is 6.91. The van der Waals surface area contributed by atoms with E-state index in [1.165, 1.54) is 0 Å². The Bertz CT molecular complexity index is 804. The van der Waals surface area contributed by atoms with Gasteiger partial charge in [0.2, 0.25) is 5.91 Å². The number of anilines is 1. The van der Waals surface area contributed by atoms with E-state index in [0.29, 0.717) is 31.1 Å². The first kappa shape index (κ1) is 17.8. The summed E-state index contributed by atoms with van der Waals surface area (Å²) in [5, 5.41) is 3.02. The molecule has 0 aromatic heterocycles. The maximum atomic E-state index is 12.5. The summed E-state index contributed by atoms with van der Waals surface area (Å²) < 4.78 is 12.3. The number of ether oxygens (including phenoxy) is 2. The van der Waals surface area contributed by atoms with Crippen LogP contribution in [0.1, 0.15) is 36.5 Å².